The van der Waals surface area contributed by atoms with Crippen LogP contribution in [0.3, 0.4) is 0 Å². The van der Waals surface area contributed by atoms with Crippen LogP contribution >= 0.6 is 0 Å². The van der Waals surface area contributed by atoms with Gasteiger partial charge in [0.1, 0.15) is 5.75 Å². The Balaban J connectivity index is 1.57. The molecule has 0 spiro atoms. The van der Waals surface area contributed by atoms with Crippen LogP contribution in [0.25, 0.3) is 0 Å². The zero-order valence-electron chi connectivity index (χ0n) is 15.9. The van der Waals surface area contributed by atoms with Gasteiger partial charge in [0.2, 0.25) is 10.0 Å². The van der Waals surface area contributed by atoms with Crippen LogP contribution in [0.2, 0.25) is 0 Å². The highest BCUT2D eigenvalue weighted by atomic mass is 32.2. The first-order chi connectivity index (χ1) is 13.9. The van der Waals surface area contributed by atoms with Crippen LogP contribution in [-0.2, 0) is 14.8 Å². The van der Waals surface area contributed by atoms with E-state index in [4.69, 9.17) is 4.74 Å². The molecule has 2 N–H and O–H groups in total. The summed E-state index contributed by atoms with van der Waals surface area (Å²) in [6, 6.07) is 24.0. The van der Waals surface area contributed by atoms with Crippen molar-refractivity contribution < 1.29 is 17.9 Å². The second-order valence-electron chi connectivity index (χ2n) is 6.43. The van der Waals surface area contributed by atoms with Gasteiger partial charge in [0.15, 0.2) is 6.61 Å². The van der Waals surface area contributed by atoms with Gasteiger partial charge in [-0.25, -0.2) is 13.1 Å². The third-order valence-corrected chi connectivity index (χ3v) is 5.75. The van der Waals surface area contributed by atoms with Gasteiger partial charge in [-0.3, -0.25) is 4.79 Å². The van der Waals surface area contributed by atoms with Crippen molar-refractivity contribution in [1.29, 1.82) is 0 Å². The summed E-state index contributed by atoms with van der Waals surface area (Å²) in [4.78, 5) is 12.1. The maximum atomic E-state index is 12.6. The normalized spacial score (nSPS) is 12.2. The number of ether oxygens (including phenoxy) is 1. The third-order valence-electron chi connectivity index (χ3n) is 4.19. The average molecular weight is 410 g/mol. The molecule has 0 aliphatic rings. The monoisotopic (exact) mass is 410 g/mol. The molecule has 1 atom stereocenters. The fourth-order valence-electron chi connectivity index (χ4n) is 2.69. The summed E-state index contributed by atoms with van der Waals surface area (Å²) in [7, 11) is -3.68. The van der Waals surface area contributed by atoms with E-state index in [9.17, 15) is 13.2 Å². The highest BCUT2D eigenvalue weighted by molar-refractivity contribution is 7.89. The molecule has 0 heterocycles. The number of nitrogens with one attached hydrogen (secondary N) is 2. The molecule has 0 radical (unpaired) electrons. The van der Waals surface area contributed by atoms with Crippen LogP contribution < -0.4 is 14.8 Å². The SMILES string of the molecule is C[C@H](NS(=O)(=O)c1ccc(OCC(=O)Nc2ccccc2)cc1)c1ccccc1. The minimum atomic E-state index is -3.68. The van der Waals surface area contributed by atoms with Gasteiger partial charge in [0, 0.05) is 11.7 Å². The van der Waals surface area contributed by atoms with Crippen LogP contribution in [0, 0.1) is 0 Å². The Bertz CT molecular complexity index is 1040. The van der Waals surface area contributed by atoms with Crippen LogP contribution in [0.4, 0.5) is 5.69 Å². The van der Waals surface area contributed by atoms with Crippen LogP contribution in [0.15, 0.2) is 89.8 Å². The Labute approximate surface area is 170 Å². The summed E-state index contributed by atoms with van der Waals surface area (Å²) >= 11 is 0. The van der Waals surface area contributed by atoms with Crippen LogP contribution in [0.5, 0.6) is 5.75 Å². The lowest BCUT2D eigenvalue weighted by atomic mass is 10.1. The fourth-order valence-corrected chi connectivity index (χ4v) is 3.92. The minimum Gasteiger partial charge on any atom is -0.484 e. The van der Waals surface area contributed by atoms with Gasteiger partial charge in [-0.1, -0.05) is 48.5 Å². The molecule has 0 fully saturated rings. The molecule has 3 aromatic rings. The Hall–Kier alpha value is -3.16. The molecule has 0 aliphatic carbocycles. The number of benzene rings is 3. The molecule has 0 bridgehead atoms. The molecule has 0 unspecified atom stereocenters. The van der Waals surface area contributed by atoms with Gasteiger partial charge in [-0.05, 0) is 48.9 Å². The zero-order valence-corrected chi connectivity index (χ0v) is 16.7. The summed E-state index contributed by atoms with van der Waals surface area (Å²) in [5.74, 6) is 0.106. The Morgan fingerprint density at radius 3 is 2.10 bits per heavy atom. The number of carbonyl (C=O) groups excluding carboxylic acids is 1. The smallest absolute Gasteiger partial charge is 0.262 e. The summed E-state index contributed by atoms with van der Waals surface area (Å²) in [6.45, 7) is 1.61. The zero-order chi connectivity index (χ0) is 20.7. The van der Waals surface area contributed by atoms with Crippen LogP contribution in [-0.4, -0.2) is 20.9 Å². The number of hydrogen-bond donors (Lipinski definition) is 2. The number of rotatable bonds is 8. The fraction of sp³-hybridized carbons (Fsp3) is 0.136. The topological polar surface area (TPSA) is 84.5 Å². The first kappa shape index (κ1) is 20.6. The molecule has 7 heteroatoms. The molecule has 0 saturated heterocycles. The van der Waals surface area contributed by atoms with E-state index in [0.29, 0.717) is 11.4 Å². The van der Waals surface area contributed by atoms with E-state index in [2.05, 4.69) is 10.0 Å². The lowest BCUT2D eigenvalue weighted by Gasteiger charge is -2.15. The van der Waals surface area contributed by atoms with Crippen molar-refractivity contribution in [3.05, 3.63) is 90.5 Å². The van der Waals surface area contributed by atoms with E-state index in [0.717, 1.165) is 5.56 Å². The Kier molecular flexibility index (Phi) is 6.64. The first-order valence-corrected chi connectivity index (χ1v) is 10.6. The second kappa shape index (κ2) is 9.36. The van der Waals surface area contributed by atoms with E-state index in [1.165, 1.54) is 24.3 Å². The van der Waals surface area contributed by atoms with Crippen molar-refractivity contribution in [2.24, 2.45) is 0 Å². The van der Waals surface area contributed by atoms with Crippen molar-refractivity contribution in [3.63, 3.8) is 0 Å². The molecule has 3 rings (SSSR count). The molecule has 1 amide bonds. The van der Waals surface area contributed by atoms with Crippen molar-refractivity contribution in [2.75, 3.05) is 11.9 Å². The lowest BCUT2D eigenvalue weighted by Crippen LogP contribution is -2.26. The van der Waals surface area contributed by atoms with E-state index >= 15 is 0 Å². The van der Waals surface area contributed by atoms with Crippen molar-refractivity contribution in [2.45, 2.75) is 17.9 Å². The van der Waals surface area contributed by atoms with Gasteiger partial charge in [0.05, 0.1) is 4.90 Å². The summed E-state index contributed by atoms with van der Waals surface area (Å²) < 4.78 is 33.2. The first-order valence-electron chi connectivity index (χ1n) is 9.09. The Morgan fingerprint density at radius 2 is 1.48 bits per heavy atom. The maximum Gasteiger partial charge on any atom is 0.262 e. The predicted octanol–water partition coefficient (Wildman–Crippen LogP) is 3.74. The number of hydrogen-bond acceptors (Lipinski definition) is 4. The molecule has 6 nitrogen and oxygen atoms in total. The van der Waals surface area contributed by atoms with Crippen molar-refractivity contribution in [1.82, 2.24) is 4.72 Å². The predicted molar refractivity (Wildman–Crippen MR) is 112 cm³/mol. The molecule has 150 valence electrons. The number of carbonyl (C=O) groups is 1. The van der Waals surface area contributed by atoms with E-state index in [1.807, 2.05) is 48.5 Å². The van der Waals surface area contributed by atoms with Gasteiger partial charge in [-0.15, -0.1) is 0 Å². The number of anilines is 1. The minimum absolute atomic E-state index is 0.126. The van der Waals surface area contributed by atoms with Gasteiger partial charge in [-0.2, -0.15) is 0 Å². The third kappa shape index (κ3) is 5.91. The lowest BCUT2D eigenvalue weighted by molar-refractivity contribution is -0.118. The van der Waals surface area contributed by atoms with Crippen molar-refractivity contribution >= 4 is 21.6 Å². The maximum absolute atomic E-state index is 12.6. The molecule has 0 aliphatic heterocycles. The van der Waals surface area contributed by atoms with Gasteiger partial charge >= 0.3 is 0 Å². The number of amides is 1. The molecule has 3 aromatic carbocycles. The highest BCUT2D eigenvalue weighted by Gasteiger charge is 2.18. The quantitative estimate of drug-likeness (QED) is 0.592. The van der Waals surface area contributed by atoms with E-state index < -0.39 is 10.0 Å². The summed E-state index contributed by atoms with van der Waals surface area (Å²) in [5.41, 5.74) is 1.56. The second-order valence-corrected chi connectivity index (χ2v) is 8.14. The summed E-state index contributed by atoms with van der Waals surface area (Å²) in [5, 5.41) is 2.72. The molecular formula is C22H22N2O4S. The number of sulfonamides is 1. The number of para-hydroxylation sites is 1. The van der Waals surface area contributed by atoms with Crippen molar-refractivity contribution in [3.8, 4) is 5.75 Å². The molecule has 0 saturated carbocycles. The van der Waals surface area contributed by atoms with Gasteiger partial charge < -0.3 is 10.1 Å². The molecule has 0 aromatic heterocycles. The highest BCUT2D eigenvalue weighted by Crippen LogP contribution is 2.19. The molecular weight excluding hydrogens is 388 g/mol. The summed E-state index contributed by atoms with van der Waals surface area (Å²) in [6.07, 6.45) is 0. The van der Waals surface area contributed by atoms with Crippen LogP contribution in [0.1, 0.15) is 18.5 Å². The van der Waals surface area contributed by atoms with E-state index in [1.54, 1.807) is 19.1 Å². The van der Waals surface area contributed by atoms with Gasteiger partial charge in [0.25, 0.3) is 5.91 Å². The van der Waals surface area contributed by atoms with E-state index in [-0.39, 0.29) is 23.5 Å². The molecule has 29 heavy (non-hydrogen) atoms. The average Bonchev–Trinajstić information content (AvgIpc) is 2.73. The Morgan fingerprint density at radius 1 is 0.897 bits per heavy atom. The standard InChI is InChI=1S/C22H22N2O4S/c1-17(18-8-4-2-5-9-18)24-29(26,27)21-14-12-20(13-15-21)28-16-22(25)23-19-10-6-3-7-11-19/h2-15,17,24H,16H2,1H3,(H,23,25)/t17-/m0/s1. The largest absolute Gasteiger partial charge is 0.484 e.